The zero-order valence-electron chi connectivity index (χ0n) is 8.06. The first kappa shape index (κ1) is 12.5. The Morgan fingerprint density at radius 1 is 1.67 bits per heavy atom. The zero-order chi connectivity index (χ0) is 11.4. The molecule has 5 heteroatoms. The lowest BCUT2D eigenvalue weighted by atomic mass is 10.1. The molecular formula is C10H10BrClFNO. The van der Waals surface area contributed by atoms with E-state index >= 15 is 0 Å². The number of rotatable bonds is 3. The third-order valence-corrected chi connectivity index (χ3v) is 2.66. The summed E-state index contributed by atoms with van der Waals surface area (Å²) < 4.78 is 14.1. The molecule has 0 aliphatic rings. The van der Waals surface area contributed by atoms with E-state index in [0.717, 1.165) is 0 Å². The molecule has 15 heavy (non-hydrogen) atoms. The van der Waals surface area contributed by atoms with Crippen molar-refractivity contribution in [1.29, 1.82) is 0 Å². The standard InChI is InChI=1S/C10H10BrClFNO/c1-6(14-10(15)5-12)8-3-2-7(11)4-9(8)13/h2-4,6H,5H2,1H3,(H,14,15)/t6-/m1/s1. The summed E-state index contributed by atoms with van der Waals surface area (Å²) in [4.78, 5) is 11.0. The summed E-state index contributed by atoms with van der Waals surface area (Å²) >= 11 is 8.50. The van der Waals surface area contributed by atoms with E-state index in [4.69, 9.17) is 11.6 Å². The van der Waals surface area contributed by atoms with E-state index in [0.29, 0.717) is 10.0 Å². The Hall–Kier alpha value is -0.610. The van der Waals surface area contributed by atoms with Gasteiger partial charge < -0.3 is 5.32 Å². The second-order valence-electron chi connectivity index (χ2n) is 3.09. The molecule has 1 amide bonds. The molecule has 0 aliphatic carbocycles. The fourth-order valence-corrected chi connectivity index (χ4v) is 1.62. The molecule has 0 fully saturated rings. The molecule has 0 aliphatic heterocycles. The van der Waals surface area contributed by atoms with Gasteiger partial charge >= 0.3 is 0 Å². The van der Waals surface area contributed by atoms with Crippen LogP contribution in [-0.2, 0) is 4.79 Å². The van der Waals surface area contributed by atoms with Crippen molar-refractivity contribution in [3.63, 3.8) is 0 Å². The van der Waals surface area contributed by atoms with Crippen LogP contribution in [0.5, 0.6) is 0 Å². The van der Waals surface area contributed by atoms with Gasteiger partial charge in [0.15, 0.2) is 0 Å². The number of amides is 1. The van der Waals surface area contributed by atoms with Gasteiger partial charge in [0.05, 0.1) is 6.04 Å². The maximum atomic E-state index is 13.4. The molecule has 0 bridgehead atoms. The molecule has 0 heterocycles. The number of benzene rings is 1. The van der Waals surface area contributed by atoms with Crippen molar-refractivity contribution < 1.29 is 9.18 Å². The van der Waals surface area contributed by atoms with E-state index in [9.17, 15) is 9.18 Å². The van der Waals surface area contributed by atoms with Crippen LogP contribution in [0.15, 0.2) is 22.7 Å². The summed E-state index contributed by atoms with van der Waals surface area (Å²) in [6.07, 6.45) is 0. The highest BCUT2D eigenvalue weighted by atomic mass is 79.9. The quantitative estimate of drug-likeness (QED) is 0.853. The zero-order valence-corrected chi connectivity index (χ0v) is 10.4. The molecule has 1 rings (SSSR count). The van der Waals surface area contributed by atoms with Crippen molar-refractivity contribution >= 4 is 33.4 Å². The van der Waals surface area contributed by atoms with Gasteiger partial charge in [0.25, 0.3) is 0 Å². The summed E-state index contributed by atoms with van der Waals surface area (Å²) in [6, 6.07) is 4.32. The SMILES string of the molecule is C[C@@H](NC(=O)CCl)c1ccc(Br)cc1F. The van der Waals surface area contributed by atoms with Gasteiger partial charge in [-0.1, -0.05) is 22.0 Å². The second kappa shape index (κ2) is 5.47. The van der Waals surface area contributed by atoms with Crippen LogP contribution < -0.4 is 5.32 Å². The molecule has 0 radical (unpaired) electrons. The minimum Gasteiger partial charge on any atom is -0.348 e. The average molecular weight is 295 g/mol. The average Bonchev–Trinajstić information content (AvgIpc) is 2.17. The number of carbonyl (C=O) groups excluding carboxylic acids is 1. The Morgan fingerprint density at radius 2 is 2.33 bits per heavy atom. The molecule has 2 nitrogen and oxygen atoms in total. The highest BCUT2D eigenvalue weighted by Crippen LogP contribution is 2.20. The van der Waals surface area contributed by atoms with Gasteiger partial charge in [0.1, 0.15) is 11.7 Å². The smallest absolute Gasteiger partial charge is 0.235 e. The highest BCUT2D eigenvalue weighted by Gasteiger charge is 2.12. The van der Waals surface area contributed by atoms with Crippen molar-refractivity contribution in [2.75, 3.05) is 5.88 Å². The van der Waals surface area contributed by atoms with Crippen LogP contribution >= 0.6 is 27.5 Å². The third-order valence-electron chi connectivity index (χ3n) is 1.93. The molecule has 0 saturated heterocycles. The predicted octanol–water partition coefficient (Wildman–Crippen LogP) is 3.00. The van der Waals surface area contributed by atoms with Gasteiger partial charge in [-0.15, -0.1) is 11.6 Å². The van der Waals surface area contributed by atoms with Crippen LogP contribution in [0.2, 0.25) is 0 Å². The summed E-state index contributed by atoms with van der Waals surface area (Å²) in [5, 5.41) is 2.58. The first-order valence-electron chi connectivity index (χ1n) is 4.35. The van der Waals surface area contributed by atoms with Gasteiger partial charge in [-0.3, -0.25) is 4.79 Å². The minimum absolute atomic E-state index is 0.123. The van der Waals surface area contributed by atoms with E-state index in [-0.39, 0.29) is 23.6 Å². The summed E-state index contributed by atoms with van der Waals surface area (Å²) in [5.41, 5.74) is 0.441. The lowest BCUT2D eigenvalue weighted by molar-refractivity contribution is -0.119. The fourth-order valence-electron chi connectivity index (χ4n) is 1.21. The van der Waals surface area contributed by atoms with Crippen molar-refractivity contribution in [2.45, 2.75) is 13.0 Å². The predicted molar refractivity (Wildman–Crippen MR) is 61.4 cm³/mol. The lowest BCUT2D eigenvalue weighted by Crippen LogP contribution is -2.28. The maximum absolute atomic E-state index is 13.4. The number of alkyl halides is 1. The molecule has 0 saturated carbocycles. The number of halogens is 3. The number of hydrogen-bond donors (Lipinski definition) is 1. The van der Waals surface area contributed by atoms with Crippen LogP contribution in [0.25, 0.3) is 0 Å². The first-order valence-corrected chi connectivity index (χ1v) is 5.67. The molecule has 1 aromatic rings. The van der Waals surface area contributed by atoms with Crippen LogP contribution in [0.3, 0.4) is 0 Å². The normalized spacial score (nSPS) is 12.3. The van der Waals surface area contributed by atoms with Gasteiger partial charge in [-0.25, -0.2) is 4.39 Å². The Bertz CT molecular complexity index is 372. The molecule has 1 N–H and O–H groups in total. The van der Waals surface area contributed by atoms with Crippen molar-refractivity contribution in [3.8, 4) is 0 Å². The maximum Gasteiger partial charge on any atom is 0.235 e. The minimum atomic E-state index is -0.385. The number of hydrogen-bond acceptors (Lipinski definition) is 1. The Kier molecular flexibility index (Phi) is 4.54. The van der Waals surface area contributed by atoms with Crippen LogP contribution in [0.4, 0.5) is 4.39 Å². The highest BCUT2D eigenvalue weighted by molar-refractivity contribution is 9.10. The second-order valence-corrected chi connectivity index (χ2v) is 4.27. The van der Waals surface area contributed by atoms with Crippen LogP contribution in [0.1, 0.15) is 18.5 Å². The third kappa shape index (κ3) is 3.47. The molecule has 0 spiro atoms. The molecule has 1 atom stereocenters. The Balaban J connectivity index is 2.82. The molecular weight excluding hydrogens is 284 g/mol. The van der Waals surface area contributed by atoms with Crippen molar-refractivity contribution in [2.24, 2.45) is 0 Å². The number of carbonyl (C=O) groups is 1. The topological polar surface area (TPSA) is 29.1 Å². The van der Waals surface area contributed by atoms with Gasteiger partial charge in [-0.05, 0) is 19.1 Å². The van der Waals surface area contributed by atoms with Gasteiger partial charge in [-0.2, -0.15) is 0 Å². The Labute approximate surface area is 101 Å². The largest absolute Gasteiger partial charge is 0.348 e. The molecule has 82 valence electrons. The van der Waals surface area contributed by atoms with E-state index < -0.39 is 0 Å². The number of nitrogens with one attached hydrogen (secondary N) is 1. The summed E-state index contributed by atoms with van der Waals surface area (Å²) in [7, 11) is 0. The monoisotopic (exact) mass is 293 g/mol. The van der Waals surface area contributed by atoms with E-state index in [1.807, 2.05) is 0 Å². The molecule has 0 unspecified atom stereocenters. The van der Waals surface area contributed by atoms with E-state index in [1.165, 1.54) is 6.07 Å². The lowest BCUT2D eigenvalue weighted by Gasteiger charge is -2.14. The summed E-state index contributed by atoms with van der Waals surface area (Å²) in [5.74, 6) is -0.791. The van der Waals surface area contributed by atoms with Gasteiger partial charge in [0, 0.05) is 10.0 Å². The molecule has 1 aromatic carbocycles. The van der Waals surface area contributed by atoms with Gasteiger partial charge in [0.2, 0.25) is 5.91 Å². The van der Waals surface area contributed by atoms with Crippen molar-refractivity contribution in [1.82, 2.24) is 5.32 Å². The van der Waals surface area contributed by atoms with E-state index in [1.54, 1.807) is 19.1 Å². The van der Waals surface area contributed by atoms with Crippen LogP contribution in [-0.4, -0.2) is 11.8 Å². The van der Waals surface area contributed by atoms with Crippen molar-refractivity contribution in [3.05, 3.63) is 34.1 Å². The van der Waals surface area contributed by atoms with Crippen LogP contribution in [0, 0.1) is 5.82 Å². The Morgan fingerprint density at radius 3 is 2.87 bits per heavy atom. The first-order chi connectivity index (χ1) is 7.04. The fraction of sp³-hybridized carbons (Fsp3) is 0.300. The van der Waals surface area contributed by atoms with E-state index in [2.05, 4.69) is 21.2 Å². The summed E-state index contributed by atoms with van der Waals surface area (Å²) in [6.45, 7) is 1.71. The molecule has 0 aromatic heterocycles.